The Morgan fingerprint density at radius 1 is 0.710 bits per heavy atom. The van der Waals surface area contributed by atoms with E-state index in [1.165, 1.54) is 102 Å². The second-order valence-corrected chi connectivity index (χ2v) is 12.4. The van der Waals surface area contributed by atoms with Crippen LogP contribution < -0.4 is 0 Å². The van der Waals surface area contributed by atoms with E-state index in [0.29, 0.717) is 0 Å². The van der Waals surface area contributed by atoms with Gasteiger partial charge in [-0.3, -0.25) is 9.59 Å². The molecule has 2 N–H and O–H groups in total. The molecule has 2 radical (unpaired) electrons. The summed E-state index contributed by atoms with van der Waals surface area (Å²) in [6, 6.07) is 0. The molecule has 0 aliphatic heterocycles. The number of thioether (sulfide) groups is 2. The molecule has 0 amide bonds. The molecule has 0 unspecified atom stereocenters. The van der Waals surface area contributed by atoms with Crippen molar-refractivity contribution < 1.29 is 19.8 Å². The zero-order valence-electron chi connectivity index (χ0n) is 20.9. The van der Waals surface area contributed by atoms with Crippen LogP contribution in [-0.4, -0.2) is 67.7 Å². The number of rotatable bonds is 18. The van der Waals surface area contributed by atoms with Crippen molar-refractivity contribution in [2.24, 2.45) is 11.8 Å². The summed E-state index contributed by atoms with van der Waals surface area (Å²) in [7, 11) is 0. The van der Waals surface area contributed by atoms with Crippen molar-refractivity contribution in [3.8, 4) is 0 Å². The molecule has 186 valence electrons. The van der Waals surface area contributed by atoms with Crippen LogP contribution in [0.15, 0.2) is 0 Å². The van der Waals surface area contributed by atoms with Crippen LogP contribution in [0.4, 0.5) is 0 Å². The first-order valence-corrected chi connectivity index (χ1v) is 16.6. The third kappa shape index (κ3) is 48.9. The maximum absolute atomic E-state index is 10.2. The Balaban J connectivity index is -0.000000416. The van der Waals surface area contributed by atoms with Gasteiger partial charge in [-0.1, -0.05) is 66.2 Å². The second kappa shape index (κ2) is 30.4. The Bertz CT molecular complexity index is 347. The van der Waals surface area contributed by atoms with E-state index in [9.17, 15) is 9.59 Å². The standard InChI is InChI=1S/2C10H20O2S.C4H9.Sn.H/c2*1-9(2)6-4-3-5-7-13-8-10(11)12;1-3-4-2;;/h2*9H,3-8H2,1-2H3,(H,11,12);1,3-4H2,2H3;;. The van der Waals surface area contributed by atoms with Gasteiger partial charge in [0.1, 0.15) is 0 Å². The monoisotopic (exact) mass is 586 g/mol. The molecular formula is C24H50O4S2Sn. The van der Waals surface area contributed by atoms with Crippen LogP contribution in [0.5, 0.6) is 0 Å². The number of hydrogen-bond acceptors (Lipinski definition) is 4. The fourth-order valence-corrected chi connectivity index (χ4v) is 5.01. The molecule has 0 aromatic carbocycles. The first-order chi connectivity index (χ1) is 14.7. The summed E-state index contributed by atoms with van der Waals surface area (Å²) < 4.78 is 1.47. The van der Waals surface area contributed by atoms with Crippen molar-refractivity contribution in [2.45, 2.75) is 103 Å². The summed E-state index contributed by atoms with van der Waals surface area (Å²) in [4.78, 5) is 20.3. The molecule has 0 bridgehead atoms. The Hall–Kier alpha value is 0.439. The van der Waals surface area contributed by atoms with Gasteiger partial charge in [0.2, 0.25) is 0 Å². The van der Waals surface area contributed by atoms with Crippen molar-refractivity contribution >= 4 is 58.0 Å². The summed E-state index contributed by atoms with van der Waals surface area (Å²) in [5.41, 5.74) is 0. The fraction of sp³-hybridized carbons (Fsp3) is 0.917. The van der Waals surface area contributed by atoms with Crippen LogP contribution in [0.1, 0.15) is 98.8 Å². The first-order valence-electron chi connectivity index (χ1n) is 12.0. The normalized spacial score (nSPS) is 10.3. The molecule has 0 aliphatic rings. The molecular weight excluding hydrogens is 535 g/mol. The number of carbonyl (C=O) groups is 2. The topological polar surface area (TPSA) is 74.6 Å². The summed E-state index contributed by atoms with van der Waals surface area (Å²) in [6.45, 7) is 11.2. The first kappa shape index (κ1) is 36.0. The summed E-state index contributed by atoms with van der Waals surface area (Å²) in [5.74, 6) is 2.68. The van der Waals surface area contributed by atoms with Crippen molar-refractivity contribution in [3.63, 3.8) is 0 Å². The summed E-state index contributed by atoms with van der Waals surface area (Å²) in [6.07, 6.45) is 12.8. The minimum absolute atomic E-state index is 0.254. The molecule has 0 heterocycles. The molecule has 0 spiro atoms. The predicted octanol–water partition coefficient (Wildman–Crippen LogP) is 7.15. The molecule has 0 aromatic rings. The average Bonchev–Trinajstić information content (AvgIpc) is 2.67. The van der Waals surface area contributed by atoms with Crippen molar-refractivity contribution in [1.29, 1.82) is 0 Å². The predicted molar refractivity (Wildman–Crippen MR) is 143 cm³/mol. The maximum atomic E-state index is 10.2. The van der Waals surface area contributed by atoms with E-state index in [1.54, 1.807) is 0 Å². The Morgan fingerprint density at radius 3 is 1.32 bits per heavy atom. The third-order valence-electron chi connectivity index (χ3n) is 4.15. The number of carboxylic acids is 2. The second-order valence-electron chi connectivity index (χ2n) is 8.52. The zero-order valence-corrected chi connectivity index (χ0v) is 25.8. The fourth-order valence-electron chi connectivity index (χ4n) is 2.39. The van der Waals surface area contributed by atoms with Gasteiger partial charge < -0.3 is 10.2 Å². The molecule has 0 saturated carbocycles. The van der Waals surface area contributed by atoms with Crippen LogP contribution >= 0.6 is 23.5 Å². The average molecular weight is 586 g/mol. The zero-order chi connectivity index (χ0) is 24.3. The van der Waals surface area contributed by atoms with Gasteiger partial charge in [0.05, 0.1) is 11.5 Å². The van der Waals surface area contributed by atoms with Gasteiger partial charge >= 0.3 is 58.7 Å². The van der Waals surface area contributed by atoms with Crippen molar-refractivity contribution in [2.75, 3.05) is 23.0 Å². The number of aliphatic carboxylic acids is 2. The molecule has 4 nitrogen and oxygen atoms in total. The van der Waals surface area contributed by atoms with Gasteiger partial charge in [-0.2, -0.15) is 23.5 Å². The van der Waals surface area contributed by atoms with Gasteiger partial charge in [-0.25, -0.2) is 0 Å². The molecule has 7 heteroatoms. The van der Waals surface area contributed by atoms with Gasteiger partial charge in [-0.05, 0) is 36.2 Å². The van der Waals surface area contributed by atoms with E-state index in [1.807, 2.05) is 0 Å². The van der Waals surface area contributed by atoms with Crippen LogP contribution in [0.3, 0.4) is 0 Å². The molecule has 0 aromatic heterocycles. The van der Waals surface area contributed by atoms with Crippen molar-refractivity contribution in [3.05, 3.63) is 0 Å². The van der Waals surface area contributed by atoms with E-state index in [4.69, 9.17) is 10.2 Å². The van der Waals surface area contributed by atoms with E-state index in [0.717, 1.165) is 36.2 Å². The van der Waals surface area contributed by atoms with Gasteiger partial charge in [0, 0.05) is 0 Å². The van der Waals surface area contributed by atoms with Crippen LogP contribution in [0.25, 0.3) is 0 Å². The van der Waals surface area contributed by atoms with Crippen LogP contribution in [0, 0.1) is 11.8 Å². The van der Waals surface area contributed by atoms with E-state index >= 15 is 0 Å². The number of hydrogen-bond donors (Lipinski definition) is 2. The molecule has 0 aliphatic carbocycles. The Morgan fingerprint density at radius 2 is 1.10 bits per heavy atom. The van der Waals surface area contributed by atoms with Crippen LogP contribution in [-0.2, 0) is 9.59 Å². The molecule has 31 heavy (non-hydrogen) atoms. The molecule has 0 saturated heterocycles. The van der Waals surface area contributed by atoms with E-state index < -0.39 is 11.9 Å². The Labute approximate surface area is 215 Å². The van der Waals surface area contributed by atoms with Gasteiger partial charge in [-0.15, -0.1) is 0 Å². The molecule has 0 rings (SSSR count). The number of carboxylic acid groups (broad SMARTS) is 2. The molecule has 0 fully saturated rings. The van der Waals surface area contributed by atoms with Crippen LogP contribution in [0.2, 0.25) is 4.44 Å². The third-order valence-corrected chi connectivity index (χ3v) is 7.37. The van der Waals surface area contributed by atoms with E-state index in [-0.39, 0.29) is 11.5 Å². The SMILES string of the molecule is CC(C)CCCCCSCC(=O)O.CC(C)CCCCCSCC(=O)O.CCC[CH2][SnH]. The summed E-state index contributed by atoms with van der Waals surface area (Å²) in [5, 5.41) is 16.7. The quantitative estimate of drug-likeness (QED) is 0.132. The minimum atomic E-state index is -0.702. The Kier molecular flexibility index (Phi) is 35.4. The van der Waals surface area contributed by atoms with Gasteiger partial charge in [0.25, 0.3) is 0 Å². The van der Waals surface area contributed by atoms with Gasteiger partial charge in [0.15, 0.2) is 0 Å². The van der Waals surface area contributed by atoms with E-state index in [2.05, 4.69) is 34.6 Å². The summed E-state index contributed by atoms with van der Waals surface area (Å²) >= 11 is 4.49. The van der Waals surface area contributed by atoms with Crippen molar-refractivity contribution in [1.82, 2.24) is 0 Å². The number of unbranched alkanes of at least 4 members (excludes halogenated alkanes) is 5. The molecule has 0 atom stereocenters.